The number of halogens is 4. The number of hydrogen-bond donors (Lipinski definition) is 1. The van der Waals surface area contributed by atoms with Crippen LogP contribution in [0.25, 0.3) is 10.6 Å². The minimum atomic E-state index is -4.46. The summed E-state index contributed by atoms with van der Waals surface area (Å²) in [5, 5.41) is 3.67. The second-order valence-corrected chi connectivity index (χ2v) is 5.94. The summed E-state index contributed by atoms with van der Waals surface area (Å²) in [5.41, 5.74) is -0.303. The van der Waals surface area contributed by atoms with Crippen LogP contribution in [-0.2, 0) is 12.7 Å². The van der Waals surface area contributed by atoms with Gasteiger partial charge in [0.2, 0.25) is 0 Å². The highest BCUT2D eigenvalue weighted by molar-refractivity contribution is 7.15. The molecule has 1 N–H and O–H groups in total. The second-order valence-electron chi connectivity index (χ2n) is 4.45. The number of thiazole rings is 1. The van der Waals surface area contributed by atoms with Gasteiger partial charge in [-0.25, -0.2) is 4.98 Å². The molecule has 2 aromatic rings. The largest absolute Gasteiger partial charge is 0.434 e. The first-order valence-electron chi connectivity index (χ1n) is 6.46. The van der Waals surface area contributed by atoms with Crippen molar-refractivity contribution in [1.29, 1.82) is 0 Å². The topological polar surface area (TPSA) is 24.9 Å². The van der Waals surface area contributed by atoms with Crippen LogP contribution in [0.15, 0.2) is 24.3 Å². The summed E-state index contributed by atoms with van der Waals surface area (Å²) < 4.78 is 39.2. The van der Waals surface area contributed by atoms with Crippen molar-refractivity contribution < 1.29 is 13.2 Å². The van der Waals surface area contributed by atoms with Crippen molar-refractivity contribution in [3.8, 4) is 10.6 Å². The average molecular weight is 335 g/mol. The Balaban J connectivity index is 2.38. The Hall–Kier alpha value is -1.11. The summed E-state index contributed by atoms with van der Waals surface area (Å²) in [6.45, 7) is 2.78. The summed E-state index contributed by atoms with van der Waals surface area (Å²) in [6, 6.07) is 6.77. The molecule has 7 heteroatoms. The quantitative estimate of drug-likeness (QED) is 0.780. The number of nitrogens with zero attached hydrogens (tertiary/aromatic N) is 1. The first-order valence-corrected chi connectivity index (χ1v) is 7.65. The van der Waals surface area contributed by atoms with Gasteiger partial charge in [-0.2, -0.15) is 13.2 Å². The predicted octanol–water partition coefficient (Wildman–Crippen LogP) is 4.98. The lowest BCUT2D eigenvalue weighted by Gasteiger charge is -2.06. The Morgan fingerprint density at radius 2 is 2.00 bits per heavy atom. The molecule has 0 fully saturated rings. The predicted molar refractivity (Wildman–Crippen MR) is 79.6 cm³/mol. The van der Waals surface area contributed by atoms with Gasteiger partial charge in [-0.1, -0.05) is 36.7 Å². The highest BCUT2D eigenvalue weighted by Crippen LogP contribution is 2.39. The molecule has 2 nitrogen and oxygen atoms in total. The Bertz CT molecular complexity index is 611. The highest BCUT2D eigenvalue weighted by Gasteiger charge is 2.37. The van der Waals surface area contributed by atoms with Gasteiger partial charge in [0.05, 0.1) is 9.90 Å². The summed E-state index contributed by atoms with van der Waals surface area (Å²) in [7, 11) is 0. The van der Waals surface area contributed by atoms with E-state index in [-0.39, 0.29) is 11.4 Å². The van der Waals surface area contributed by atoms with E-state index in [1.165, 1.54) is 0 Å². The number of aromatic nitrogens is 1. The lowest BCUT2D eigenvalue weighted by Crippen LogP contribution is -2.17. The van der Waals surface area contributed by atoms with E-state index in [0.29, 0.717) is 22.1 Å². The van der Waals surface area contributed by atoms with E-state index >= 15 is 0 Å². The minimum Gasteiger partial charge on any atom is -0.312 e. The Labute approximate surface area is 130 Å². The molecule has 0 saturated carbocycles. The summed E-state index contributed by atoms with van der Waals surface area (Å²) in [6.07, 6.45) is -3.60. The SMILES string of the molecule is CCCNCc1sc(-c2ccccc2Cl)nc1C(F)(F)F. The third-order valence-corrected chi connectivity index (χ3v) is 4.20. The molecule has 0 aliphatic rings. The van der Waals surface area contributed by atoms with Crippen LogP contribution in [0.3, 0.4) is 0 Å². The van der Waals surface area contributed by atoms with Crippen molar-refractivity contribution in [2.24, 2.45) is 0 Å². The van der Waals surface area contributed by atoms with Crippen molar-refractivity contribution in [2.45, 2.75) is 26.1 Å². The van der Waals surface area contributed by atoms with Gasteiger partial charge in [0, 0.05) is 12.1 Å². The van der Waals surface area contributed by atoms with Crippen molar-refractivity contribution in [1.82, 2.24) is 10.3 Å². The van der Waals surface area contributed by atoms with Gasteiger partial charge in [-0.3, -0.25) is 0 Å². The standard InChI is InChI=1S/C14H14ClF3N2S/c1-2-7-19-8-11-12(14(16,17)18)20-13(21-11)9-5-3-4-6-10(9)15/h3-6,19H,2,7-8H2,1H3. The third-order valence-electron chi connectivity index (χ3n) is 2.78. The van der Waals surface area contributed by atoms with Crippen LogP contribution < -0.4 is 5.32 Å². The van der Waals surface area contributed by atoms with E-state index in [1.54, 1.807) is 24.3 Å². The maximum atomic E-state index is 13.1. The van der Waals surface area contributed by atoms with E-state index in [2.05, 4.69) is 10.3 Å². The lowest BCUT2D eigenvalue weighted by atomic mass is 10.2. The second kappa shape index (κ2) is 6.77. The minimum absolute atomic E-state index is 0.158. The zero-order valence-electron chi connectivity index (χ0n) is 11.3. The van der Waals surface area contributed by atoms with Crippen LogP contribution in [0.4, 0.5) is 13.2 Å². The zero-order valence-corrected chi connectivity index (χ0v) is 12.9. The molecule has 0 bridgehead atoms. The van der Waals surface area contributed by atoms with Gasteiger partial charge in [0.1, 0.15) is 5.01 Å². The molecule has 0 radical (unpaired) electrons. The number of nitrogens with one attached hydrogen (secondary N) is 1. The van der Waals surface area contributed by atoms with Crippen LogP contribution >= 0.6 is 22.9 Å². The maximum absolute atomic E-state index is 13.1. The van der Waals surface area contributed by atoms with Crippen molar-refractivity contribution in [3.05, 3.63) is 39.9 Å². The van der Waals surface area contributed by atoms with Crippen LogP contribution in [0.1, 0.15) is 23.9 Å². The van der Waals surface area contributed by atoms with E-state index in [0.717, 1.165) is 17.8 Å². The highest BCUT2D eigenvalue weighted by atomic mass is 35.5. The monoisotopic (exact) mass is 334 g/mol. The van der Waals surface area contributed by atoms with Crippen LogP contribution in [0, 0.1) is 0 Å². The van der Waals surface area contributed by atoms with E-state index in [9.17, 15) is 13.2 Å². The molecule has 1 aromatic carbocycles. The fraction of sp³-hybridized carbons (Fsp3) is 0.357. The molecule has 0 aliphatic heterocycles. The number of hydrogen-bond acceptors (Lipinski definition) is 3. The van der Waals surface area contributed by atoms with Crippen LogP contribution in [0.5, 0.6) is 0 Å². The van der Waals surface area contributed by atoms with Gasteiger partial charge in [0.15, 0.2) is 5.69 Å². The summed E-state index contributed by atoms with van der Waals surface area (Å²) >= 11 is 7.06. The number of alkyl halides is 3. The molecule has 0 atom stereocenters. The summed E-state index contributed by atoms with van der Waals surface area (Å²) in [4.78, 5) is 3.95. The van der Waals surface area contributed by atoms with E-state index in [1.807, 2.05) is 6.92 Å². The molecule has 1 aromatic heterocycles. The van der Waals surface area contributed by atoms with Crippen LogP contribution in [0.2, 0.25) is 5.02 Å². The molecule has 21 heavy (non-hydrogen) atoms. The Morgan fingerprint density at radius 1 is 1.29 bits per heavy atom. The lowest BCUT2D eigenvalue weighted by molar-refractivity contribution is -0.141. The van der Waals surface area contributed by atoms with Crippen LogP contribution in [-0.4, -0.2) is 11.5 Å². The van der Waals surface area contributed by atoms with Gasteiger partial charge in [-0.05, 0) is 19.0 Å². The third kappa shape index (κ3) is 3.96. The van der Waals surface area contributed by atoms with Gasteiger partial charge in [0.25, 0.3) is 0 Å². The average Bonchev–Trinajstić information content (AvgIpc) is 2.83. The molecule has 0 unspecified atom stereocenters. The Kier molecular flexibility index (Phi) is 5.24. The molecular formula is C14H14ClF3N2S. The maximum Gasteiger partial charge on any atom is 0.434 e. The Morgan fingerprint density at radius 3 is 2.62 bits per heavy atom. The number of rotatable bonds is 5. The zero-order chi connectivity index (χ0) is 15.5. The number of benzene rings is 1. The van der Waals surface area contributed by atoms with Gasteiger partial charge >= 0.3 is 6.18 Å². The smallest absolute Gasteiger partial charge is 0.312 e. The molecule has 2 rings (SSSR count). The van der Waals surface area contributed by atoms with Gasteiger partial charge < -0.3 is 5.32 Å². The molecule has 0 spiro atoms. The molecule has 114 valence electrons. The molecule has 0 saturated heterocycles. The first kappa shape index (κ1) is 16.3. The van der Waals surface area contributed by atoms with E-state index < -0.39 is 11.9 Å². The van der Waals surface area contributed by atoms with Crippen molar-refractivity contribution in [3.63, 3.8) is 0 Å². The fourth-order valence-corrected chi connectivity index (χ4v) is 3.19. The first-order chi connectivity index (χ1) is 9.93. The van der Waals surface area contributed by atoms with Crippen molar-refractivity contribution in [2.75, 3.05) is 6.54 Å². The van der Waals surface area contributed by atoms with E-state index in [4.69, 9.17) is 11.6 Å². The molecule has 0 aliphatic carbocycles. The normalized spacial score (nSPS) is 11.9. The molecule has 0 amide bonds. The van der Waals surface area contributed by atoms with Crippen molar-refractivity contribution >= 4 is 22.9 Å². The summed E-state index contributed by atoms with van der Waals surface area (Å²) in [5.74, 6) is 0. The van der Waals surface area contributed by atoms with Gasteiger partial charge in [-0.15, -0.1) is 11.3 Å². The fourth-order valence-electron chi connectivity index (χ4n) is 1.82. The molecule has 1 heterocycles. The molecular weight excluding hydrogens is 321 g/mol.